The van der Waals surface area contributed by atoms with Crippen molar-refractivity contribution in [3.63, 3.8) is 0 Å². The lowest BCUT2D eigenvalue weighted by Gasteiger charge is -2.32. The highest BCUT2D eigenvalue weighted by molar-refractivity contribution is 5.47. The Hall–Kier alpha value is -4.19. The maximum Gasteiger partial charge on any atom is 0.326 e. The van der Waals surface area contributed by atoms with Gasteiger partial charge >= 0.3 is 18.0 Å². The van der Waals surface area contributed by atoms with Crippen LogP contribution in [-0.4, -0.2) is 78.6 Å². The zero-order chi connectivity index (χ0) is 27.0. The van der Waals surface area contributed by atoms with E-state index in [9.17, 15) is 0 Å². The molecule has 1 unspecified atom stereocenters. The number of hydrogen-bond donors (Lipinski definition) is 0. The van der Waals surface area contributed by atoms with Crippen molar-refractivity contribution in [3.8, 4) is 30.2 Å². The minimum absolute atomic E-state index is 0.0856. The predicted octanol–water partition coefficient (Wildman–Crippen LogP) is 2.91. The number of nitrogens with zero attached hydrogens (tertiary/aromatic N) is 7. The first kappa shape index (κ1) is 28.4. The summed E-state index contributed by atoms with van der Waals surface area (Å²) in [5, 5.41) is 17.9. The zero-order valence-corrected chi connectivity index (χ0v) is 21.5. The molecule has 0 aliphatic carbocycles. The van der Waals surface area contributed by atoms with E-state index in [1.165, 1.54) is 5.56 Å². The topological polar surface area (TPSA) is 130 Å². The van der Waals surface area contributed by atoms with Gasteiger partial charge in [0.2, 0.25) is 0 Å². The first-order chi connectivity index (χ1) is 18.6. The lowest BCUT2D eigenvalue weighted by atomic mass is 10.1. The molecule has 0 spiro atoms. The molecule has 1 aliphatic heterocycles. The summed E-state index contributed by atoms with van der Waals surface area (Å²) < 4.78 is 22.5. The molecular formula is C27H33N7O4. The van der Waals surface area contributed by atoms with Crippen LogP contribution in [0.3, 0.4) is 0 Å². The molecule has 1 aromatic carbocycles. The van der Waals surface area contributed by atoms with Crippen molar-refractivity contribution in [2.45, 2.75) is 25.5 Å². The summed E-state index contributed by atoms with van der Waals surface area (Å²) in [7, 11) is 0. The van der Waals surface area contributed by atoms with Crippen LogP contribution in [0.15, 0.2) is 49.6 Å². The SMILES string of the molecule is C=CCOc1nc(OCC=C)nc(OCC2CN(Cc3ccc(N(CCC#N)CCC#N)cc3)CCO2)n1. The largest absolute Gasteiger partial charge is 0.460 e. The highest BCUT2D eigenvalue weighted by Crippen LogP contribution is 2.19. The van der Waals surface area contributed by atoms with Crippen molar-refractivity contribution < 1.29 is 18.9 Å². The van der Waals surface area contributed by atoms with Gasteiger partial charge < -0.3 is 23.8 Å². The van der Waals surface area contributed by atoms with E-state index in [0.717, 1.165) is 18.8 Å². The van der Waals surface area contributed by atoms with E-state index >= 15 is 0 Å². The van der Waals surface area contributed by atoms with E-state index in [-0.39, 0.29) is 44.0 Å². The second-order valence-corrected chi connectivity index (χ2v) is 8.39. The molecule has 1 aliphatic rings. The quantitative estimate of drug-likeness (QED) is 0.303. The number of nitriles is 2. The number of ether oxygens (including phenoxy) is 4. The van der Waals surface area contributed by atoms with E-state index in [1.54, 1.807) is 12.2 Å². The van der Waals surface area contributed by atoms with E-state index in [1.807, 2.05) is 12.1 Å². The van der Waals surface area contributed by atoms with Gasteiger partial charge in [-0.15, -0.1) is 15.0 Å². The Morgan fingerprint density at radius 2 is 1.53 bits per heavy atom. The van der Waals surface area contributed by atoms with Crippen LogP contribution in [0.5, 0.6) is 18.0 Å². The zero-order valence-electron chi connectivity index (χ0n) is 21.5. The van der Waals surface area contributed by atoms with Crippen molar-refractivity contribution in [2.24, 2.45) is 0 Å². The molecule has 0 saturated carbocycles. The molecule has 11 heteroatoms. The van der Waals surface area contributed by atoms with Crippen LogP contribution in [0, 0.1) is 22.7 Å². The molecule has 0 N–H and O–H groups in total. The van der Waals surface area contributed by atoms with Crippen LogP contribution in [0.2, 0.25) is 0 Å². The summed E-state index contributed by atoms with van der Waals surface area (Å²) in [5.41, 5.74) is 2.18. The summed E-state index contributed by atoms with van der Waals surface area (Å²) >= 11 is 0. The minimum Gasteiger partial charge on any atom is -0.460 e. The normalized spacial score (nSPS) is 15.1. The molecular weight excluding hydrogens is 486 g/mol. The summed E-state index contributed by atoms with van der Waals surface area (Å²) in [6.45, 7) is 12.0. The first-order valence-corrected chi connectivity index (χ1v) is 12.4. The molecule has 11 nitrogen and oxygen atoms in total. The van der Waals surface area contributed by atoms with E-state index in [4.69, 9.17) is 29.5 Å². The number of rotatable bonds is 16. The molecule has 200 valence electrons. The van der Waals surface area contributed by atoms with Gasteiger partial charge in [0, 0.05) is 38.4 Å². The van der Waals surface area contributed by atoms with Gasteiger partial charge in [-0.3, -0.25) is 4.90 Å². The van der Waals surface area contributed by atoms with Crippen molar-refractivity contribution in [3.05, 3.63) is 55.1 Å². The van der Waals surface area contributed by atoms with Gasteiger partial charge in [-0.05, 0) is 17.7 Å². The molecule has 1 saturated heterocycles. The molecule has 38 heavy (non-hydrogen) atoms. The van der Waals surface area contributed by atoms with Crippen molar-refractivity contribution >= 4 is 5.69 Å². The smallest absolute Gasteiger partial charge is 0.326 e. The Labute approximate surface area is 223 Å². The Balaban J connectivity index is 1.55. The fourth-order valence-electron chi connectivity index (χ4n) is 3.78. The van der Waals surface area contributed by atoms with E-state index < -0.39 is 0 Å². The summed E-state index contributed by atoms with van der Waals surface area (Å²) in [6.07, 6.45) is 3.85. The van der Waals surface area contributed by atoms with Crippen LogP contribution in [0.25, 0.3) is 0 Å². The van der Waals surface area contributed by atoms with Crippen LogP contribution >= 0.6 is 0 Å². The van der Waals surface area contributed by atoms with Gasteiger partial charge in [-0.25, -0.2) is 0 Å². The molecule has 2 aromatic rings. The second-order valence-electron chi connectivity index (χ2n) is 8.39. The average molecular weight is 520 g/mol. The fraction of sp³-hybridized carbons (Fsp3) is 0.444. The van der Waals surface area contributed by atoms with Gasteiger partial charge in [0.25, 0.3) is 0 Å². The molecule has 1 fully saturated rings. The van der Waals surface area contributed by atoms with Gasteiger partial charge in [-0.1, -0.05) is 37.4 Å². The Kier molecular flexibility index (Phi) is 11.8. The fourth-order valence-corrected chi connectivity index (χ4v) is 3.78. The van der Waals surface area contributed by atoms with Crippen molar-refractivity contribution in [1.82, 2.24) is 19.9 Å². The standard InChI is InChI=1S/C27H33N7O4/c1-3-16-36-25-30-26(37-17-4-2)32-27(31-25)38-21-24-20-33(15-18-35-24)19-22-7-9-23(10-8-22)34(13-5-11-28)14-6-12-29/h3-4,7-10,24H,1-2,5-6,13-21H2. The van der Waals surface area contributed by atoms with Gasteiger partial charge in [0.1, 0.15) is 25.9 Å². The summed E-state index contributed by atoms with van der Waals surface area (Å²) in [5.74, 6) is 0. The number of morpholine rings is 1. The molecule has 3 rings (SSSR count). The Morgan fingerprint density at radius 1 is 0.947 bits per heavy atom. The average Bonchev–Trinajstić information content (AvgIpc) is 2.95. The monoisotopic (exact) mass is 519 g/mol. The molecule has 0 radical (unpaired) electrons. The van der Waals surface area contributed by atoms with Gasteiger partial charge in [0.05, 0.1) is 31.6 Å². The number of anilines is 1. The van der Waals surface area contributed by atoms with Crippen molar-refractivity contribution in [2.75, 3.05) is 57.5 Å². The summed E-state index contributed by atoms with van der Waals surface area (Å²) in [6, 6.07) is 12.9. The highest BCUT2D eigenvalue weighted by atomic mass is 16.6. The predicted molar refractivity (Wildman–Crippen MR) is 141 cm³/mol. The Bertz CT molecular complexity index is 1070. The third kappa shape index (κ3) is 9.36. The molecule has 0 amide bonds. The lowest BCUT2D eigenvalue weighted by molar-refractivity contribution is -0.0518. The number of aromatic nitrogens is 3. The third-order valence-corrected chi connectivity index (χ3v) is 5.55. The third-order valence-electron chi connectivity index (χ3n) is 5.55. The van der Waals surface area contributed by atoms with Crippen LogP contribution in [-0.2, 0) is 11.3 Å². The van der Waals surface area contributed by atoms with Crippen LogP contribution < -0.4 is 19.1 Å². The maximum atomic E-state index is 8.93. The van der Waals surface area contributed by atoms with Gasteiger partial charge in [-0.2, -0.15) is 10.5 Å². The first-order valence-electron chi connectivity index (χ1n) is 12.4. The Morgan fingerprint density at radius 3 is 2.08 bits per heavy atom. The van der Waals surface area contributed by atoms with Gasteiger partial charge in [0.15, 0.2) is 0 Å². The van der Waals surface area contributed by atoms with E-state index in [2.05, 4.69) is 62.2 Å². The van der Waals surface area contributed by atoms with Crippen molar-refractivity contribution in [1.29, 1.82) is 10.5 Å². The molecule has 0 bridgehead atoms. The van der Waals surface area contributed by atoms with Crippen LogP contribution in [0.4, 0.5) is 5.69 Å². The van der Waals surface area contributed by atoms with E-state index in [0.29, 0.717) is 39.1 Å². The second kappa shape index (κ2) is 15.8. The maximum absolute atomic E-state index is 8.93. The lowest BCUT2D eigenvalue weighted by Crippen LogP contribution is -2.44. The molecule has 1 atom stereocenters. The minimum atomic E-state index is -0.165. The molecule has 1 aromatic heterocycles. The van der Waals surface area contributed by atoms with Crippen LogP contribution in [0.1, 0.15) is 18.4 Å². The molecule has 2 heterocycles. The highest BCUT2D eigenvalue weighted by Gasteiger charge is 2.22. The summed E-state index contributed by atoms with van der Waals surface area (Å²) in [4.78, 5) is 16.8. The number of benzene rings is 1. The number of hydrogen-bond acceptors (Lipinski definition) is 11.